The van der Waals surface area contributed by atoms with Gasteiger partial charge in [-0.3, -0.25) is 9.69 Å². The number of sulfone groups is 1. The number of rotatable bonds is 5. The summed E-state index contributed by atoms with van der Waals surface area (Å²) in [4.78, 5) is 31.3. The standard InChI is InChI=1S/C22H21N3O5S/c1-14-4-6-15(7-5-14)19-23-17(13-30-19)12-25-20(26)22(2,24-21(25)27)16-8-10-18(11-9-16)31(3,28)29/h4-11,13H,12H2,1-3H3,(H,24,27)/t22-/m0/s1. The van der Waals surface area contributed by atoms with Gasteiger partial charge in [-0.2, -0.15) is 0 Å². The normalized spacial score (nSPS) is 19.0. The third kappa shape index (κ3) is 3.84. The molecule has 160 valence electrons. The summed E-state index contributed by atoms with van der Waals surface area (Å²) in [6, 6.07) is 13.0. The van der Waals surface area contributed by atoms with Crippen LogP contribution in [0.25, 0.3) is 11.5 Å². The summed E-state index contributed by atoms with van der Waals surface area (Å²) in [7, 11) is -3.36. The molecule has 1 aromatic heterocycles. The van der Waals surface area contributed by atoms with E-state index < -0.39 is 27.3 Å². The fraction of sp³-hybridized carbons (Fsp3) is 0.227. The summed E-state index contributed by atoms with van der Waals surface area (Å²) < 4.78 is 28.9. The molecule has 8 nitrogen and oxygen atoms in total. The van der Waals surface area contributed by atoms with Crippen LogP contribution in [0.15, 0.2) is 64.1 Å². The van der Waals surface area contributed by atoms with Gasteiger partial charge in [-0.15, -0.1) is 0 Å². The zero-order chi connectivity index (χ0) is 22.4. The van der Waals surface area contributed by atoms with Crippen molar-refractivity contribution in [2.45, 2.75) is 30.8 Å². The van der Waals surface area contributed by atoms with E-state index in [1.807, 2.05) is 31.2 Å². The molecule has 1 atom stereocenters. The van der Waals surface area contributed by atoms with Crippen molar-refractivity contribution in [1.29, 1.82) is 0 Å². The largest absolute Gasteiger partial charge is 0.444 e. The zero-order valence-corrected chi connectivity index (χ0v) is 18.1. The first-order chi connectivity index (χ1) is 14.6. The van der Waals surface area contributed by atoms with Crippen molar-refractivity contribution in [2.24, 2.45) is 0 Å². The van der Waals surface area contributed by atoms with Crippen LogP contribution in [-0.2, 0) is 26.7 Å². The van der Waals surface area contributed by atoms with Crippen LogP contribution in [0.5, 0.6) is 0 Å². The second kappa shape index (κ2) is 7.35. The molecule has 0 unspecified atom stereocenters. The quantitative estimate of drug-likeness (QED) is 0.612. The molecule has 1 N–H and O–H groups in total. The first-order valence-corrected chi connectivity index (χ1v) is 11.4. The summed E-state index contributed by atoms with van der Waals surface area (Å²) in [5.74, 6) is -0.0503. The molecule has 31 heavy (non-hydrogen) atoms. The first kappa shape index (κ1) is 20.8. The summed E-state index contributed by atoms with van der Waals surface area (Å²) in [5.41, 5.74) is 1.52. The number of aryl methyl sites for hydroxylation is 1. The van der Waals surface area contributed by atoms with E-state index in [0.717, 1.165) is 22.3 Å². The molecule has 1 saturated heterocycles. The van der Waals surface area contributed by atoms with Gasteiger partial charge in [-0.1, -0.05) is 29.8 Å². The maximum atomic E-state index is 13.1. The molecule has 2 aromatic carbocycles. The summed E-state index contributed by atoms with van der Waals surface area (Å²) in [6.07, 6.45) is 2.53. The van der Waals surface area contributed by atoms with Crippen LogP contribution < -0.4 is 5.32 Å². The van der Waals surface area contributed by atoms with E-state index in [1.165, 1.54) is 30.5 Å². The minimum absolute atomic E-state index is 0.0446. The maximum absolute atomic E-state index is 13.1. The number of imide groups is 1. The summed E-state index contributed by atoms with van der Waals surface area (Å²) in [6.45, 7) is 3.52. The lowest BCUT2D eigenvalue weighted by Crippen LogP contribution is -2.40. The van der Waals surface area contributed by atoms with Gasteiger partial charge in [0.1, 0.15) is 11.8 Å². The molecule has 1 aliphatic heterocycles. The van der Waals surface area contributed by atoms with Crippen LogP contribution in [0, 0.1) is 6.92 Å². The minimum atomic E-state index is -3.36. The number of carbonyl (C=O) groups excluding carboxylic acids is 2. The second-order valence-corrected chi connectivity index (χ2v) is 9.77. The van der Waals surface area contributed by atoms with Crippen molar-refractivity contribution in [3.8, 4) is 11.5 Å². The number of oxazole rings is 1. The van der Waals surface area contributed by atoms with Crippen LogP contribution in [0.3, 0.4) is 0 Å². The molecular weight excluding hydrogens is 418 g/mol. The molecule has 3 amide bonds. The zero-order valence-electron chi connectivity index (χ0n) is 17.2. The highest BCUT2D eigenvalue weighted by Crippen LogP contribution is 2.31. The molecular formula is C22H21N3O5S. The molecule has 0 spiro atoms. The van der Waals surface area contributed by atoms with Gasteiger partial charge in [0.25, 0.3) is 5.91 Å². The van der Waals surface area contributed by atoms with Gasteiger partial charge in [0.05, 0.1) is 17.1 Å². The summed E-state index contributed by atoms with van der Waals surface area (Å²) >= 11 is 0. The Morgan fingerprint density at radius 3 is 2.32 bits per heavy atom. The number of benzene rings is 2. The average Bonchev–Trinajstić information content (AvgIpc) is 3.27. The molecule has 0 radical (unpaired) electrons. The number of urea groups is 1. The van der Waals surface area contributed by atoms with Crippen LogP contribution in [0.1, 0.15) is 23.7 Å². The molecule has 1 fully saturated rings. The van der Waals surface area contributed by atoms with Gasteiger partial charge in [0.2, 0.25) is 5.89 Å². The third-order valence-electron chi connectivity index (χ3n) is 5.31. The molecule has 0 saturated carbocycles. The van der Waals surface area contributed by atoms with E-state index in [4.69, 9.17) is 4.42 Å². The molecule has 3 aromatic rings. The highest BCUT2D eigenvalue weighted by Gasteiger charge is 2.49. The van der Waals surface area contributed by atoms with E-state index in [0.29, 0.717) is 17.1 Å². The van der Waals surface area contributed by atoms with Gasteiger partial charge in [-0.25, -0.2) is 18.2 Å². The summed E-state index contributed by atoms with van der Waals surface area (Å²) in [5, 5.41) is 2.70. The molecule has 1 aliphatic rings. The number of carbonyl (C=O) groups is 2. The van der Waals surface area contributed by atoms with Crippen LogP contribution in [0.4, 0.5) is 4.79 Å². The van der Waals surface area contributed by atoms with Crippen molar-refractivity contribution in [1.82, 2.24) is 15.2 Å². The van der Waals surface area contributed by atoms with E-state index in [-0.39, 0.29) is 11.4 Å². The Morgan fingerprint density at radius 2 is 1.71 bits per heavy atom. The molecule has 2 heterocycles. The fourth-order valence-corrected chi connectivity index (χ4v) is 4.07. The number of hydrogen-bond donors (Lipinski definition) is 1. The number of hydrogen-bond acceptors (Lipinski definition) is 6. The topological polar surface area (TPSA) is 110 Å². The minimum Gasteiger partial charge on any atom is -0.444 e. The Bertz CT molecular complexity index is 1260. The van der Waals surface area contributed by atoms with Gasteiger partial charge < -0.3 is 9.73 Å². The Hall–Kier alpha value is -3.46. The molecule has 0 aliphatic carbocycles. The van der Waals surface area contributed by atoms with Crippen molar-refractivity contribution in [3.63, 3.8) is 0 Å². The van der Waals surface area contributed by atoms with Crippen LogP contribution in [-0.4, -0.2) is 36.5 Å². The molecule has 4 rings (SSSR count). The predicted octanol–water partition coefficient (Wildman–Crippen LogP) is 3.02. The third-order valence-corrected chi connectivity index (χ3v) is 6.43. The Labute approximate surface area is 179 Å². The lowest BCUT2D eigenvalue weighted by atomic mass is 9.92. The Balaban J connectivity index is 1.55. The maximum Gasteiger partial charge on any atom is 0.325 e. The van der Waals surface area contributed by atoms with Crippen molar-refractivity contribution >= 4 is 21.8 Å². The van der Waals surface area contributed by atoms with E-state index >= 15 is 0 Å². The second-order valence-electron chi connectivity index (χ2n) is 7.75. The predicted molar refractivity (Wildman–Crippen MR) is 113 cm³/mol. The lowest BCUT2D eigenvalue weighted by molar-refractivity contribution is -0.131. The van der Waals surface area contributed by atoms with Crippen molar-refractivity contribution < 1.29 is 22.4 Å². The number of nitrogens with one attached hydrogen (secondary N) is 1. The van der Waals surface area contributed by atoms with Gasteiger partial charge in [0.15, 0.2) is 9.84 Å². The molecule has 9 heteroatoms. The fourth-order valence-electron chi connectivity index (χ4n) is 3.44. The van der Waals surface area contributed by atoms with Crippen molar-refractivity contribution in [2.75, 3.05) is 6.26 Å². The van der Waals surface area contributed by atoms with Gasteiger partial charge in [-0.05, 0) is 43.7 Å². The van der Waals surface area contributed by atoms with Crippen molar-refractivity contribution in [3.05, 3.63) is 71.6 Å². The molecule has 0 bridgehead atoms. The van der Waals surface area contributed by atoms with E-state index in [2.05, 4.69) is 10.3 Å². The first-order valence-electron chi connectivity index (χ1n) is 9.54. The van der Waals surface area contributed by atoms with Gasteiger partial charge in [0, 0.05) is 11.8 Å². The highest BCUT2D eigenvalue weighted by atomic mass is 32.2. The average molecular weight is 439 g/mol. The number of amides is 3. The highest BCUT2D eigenvalue weighted by molar-refractivity contribution is 7.90. The van der Waals surface area contributed by atoms with E-state index in [9.17, 15) is 18.0 Å². The number of aromatic nitrogens is 1. The van der Waals surface area contributed by atoms with Crippen LogP contribution >= 0.6 is 0 Å². The monoisotopic (exact) mass is 439 g/mol. The Morgan fingerprint density at radius 1 is 1.06 bits per heavy atom. The Kier molecular flexibility index (Phi) is 4.93. The smallest absolute Gasteiger partial charge is 0.325 e. The van der Waals surface area contributed by atoms with Gasteiger partial charge >= 0.3 is 6.03 Å². The lowest BCUT2D eigenvalue weighted by Gasteiger charge is -2.22. The van der Waals surface area contributed by atoms with Crippen LogP contribution in [0.2, 0.25) is 0 Å². The SMILES string of the molecule is Cc1ccc(-c2nc(CN3C(=O)N[C@@](C)(c4ccc(S(C)(=O)=O)cc4)C3=O)co2)cc1. The van der Waals surface area contributed by atoms with E-state index in [1.54, 1.807) is 6.92 Å². The number of nitrogens with zero attached hydrogens (tertiary/aromatic N) is 2.